The first-order valence-corrected chi connectivity index (χ1v) is 10.5. The topological polar surface area (TPSA) is 96.5 Å². The average Bonchev–Trinajstić information content (AvgIpc) is 3.43. The Hall–Kier alpha value is -1.64. The minimum Gasteiger partial charge on any atom is -0.495 e. The summed E-state index contributed by atoms with van der Waals surface area (Å²) in [5.41, 5.74) is 0.384. The number of ether oxygens (including phenoxy) is 1. The Morgan fingerprint density at radius 2 is 2.00 bits per heavy atom. The second-order valence-electron chi connectivity index (χ2n) is 7.50. The summed E-state index contributed by atoms with van der Waals surface area (Å²) in [6.45, 7) is 4.63. The van der Waals surface area contributed by atoms with Crippen molar-refractivity contribution in [2.75, 3.05) is 26.7 Å². The van der Waals surface area contributed by atoms with Gasteiger partial charge in [-0.25, -0.2) is 13.1 Å². The van der Waals surface area contributed by atoms with Gasteiger partial charge in [0, 0.05) is 18.2 Å². The van der Waals surface area contributed by atoms with Crippen molar-refractivity contribution in [3.8, 4) is 5.75 Å². The molecule has 26 heavy (non-hydrogen) atoms. The quantitative estimate of drug-likeness (QED) is 0.661. The highest BCUT2D eigenvalue weighted by Gasteiger charge is 2.31. The van der Waals surface area contributed by atoms with Crippen LogP contribution in [-0.4, -0.2) is 47.1 Å². The smallest absolute Gasteiger partial charge is 0.251 e. The van der Waals surface area contributed by atoms with E-state index < -0.39 is 10.0 Å². The fraction of sp³-hybridized carbons (Fsp3) is 0.611. The van der Waals surface area contributed by atoms with E-state index in [4.69, 9.17) is 4.74 Å². The maximum absolute atomic E-state index is 12.6. The molecule has 0 aromatic heterocycles. The summed E-state index contributed by atoms with van der Waals surface area (Å²) in [5.74, 6) is -0.0321. The third-order valence-corrected chi connectivity index (χ3v) is 6.64. The van der Waals surface area contributed by atoms with E-state index in [2.05, 4.69) is 22.3 Å². The standard InChI is InChI=1S/C18H27N3O4S/c1-18(7-9-19-10-8-18)12-20-17(22)13-3-6-15(25-2)16(11-13)26(23,24)21-14-4-5-14/h3,6,11,14,19,21H,4-5,7-10,12H2,1-2H3,(H,20,22). The number of hydrogen-bond donors (Lipinski definition) is 3. The Balaban J connectivity index is 1.74. The number of benzene rings is 1. The first kappa shape index (κ1) is 19.1. The van der Waals surface area contributed by atoms with Crippen LogP contribution >= 0.6 is 0 Å². The van der Waals surface area contributed by atoms with Gasteiger partial charge in [-0.3, -0.25) is 4.79 Å². The van der Waals surface area contributed by atoms with Gasteiger partial charge >= 0.3 is 0 Å². The largest absolute Gasteiger partial charge is 0.495 e. The minimum atomic E-state index is -3.71. The van der Waals surface area contributed by atoms with E-state index in [1.807, 2.05) is 0 Å². The molecule has 2 aliphatic rings. The van der Waals surface area contributed by atoms with Crippen LogP contribution in [0.25, 0.3) is 0 Å². The van der Waals surface area contributed by atoms with E-state index in [0.717, 1.165) is 38.8 Å². The monoisotopic (exact) mass is 381 g/mol. The predicted octanol–water partition coefficient (Wildman–Crippen LogP) is 1.26. The molecule has 0 atom stereocenters. The molecule has 0 spiro atoms. The van der Waals surface area contributed by atoms with Crippen molar-refractivity contribution >= 4 is 15.9 Å². The summed E-state index contributed by atoms with van der Waals surface area (Å²) < 4.78 is 32.9. The third kappa shape index (κ3) is 4.55. The summed E-state index contributed by atoms with van der Waals surface area (Å²) in [6.07, 6.45) is 3.69. The predicted molar refractivity (Wildman–Crippen MR) is 98.9 cm³/mol. The summed E-state index contributed by atoms with van der Waals surface area (Å²) >= 11 is 0. The SMILES string of the molecule is COc1ccc(C(=O)NCC2(C)CCNCC2)cc1S(=O)(=O)NC1CC1. The molecule has 1 amide bonds. The zero-order valence-electron chi connectivity index (χ0n) is 15.3. The van der Waals surface area contributed by atoms with Crippen molar-refractivity contribution in [2.45, 2.75) is 43.5 Å². The molecule has 1 aromatic rings. The number of sulfonamides is 1. The summed E-state index contributed by atoms with van der Waals surface area (Å²) in [4.78, 5) is 12.6. The highest BCUT2D eigenvalue weighted by molar-refractivity contribution is 7.89. The van der Waals surface area contributed by atoms with Crippen LogP contribution in [0.5, 0.6) is 5.75 Å². The number of hydrogen-bond acceptors (Lipinski definition) is 5. The van der Waals surface area contributed by atoms with Crippen molar-refractivity contribution in [1.29, 1.82) is 0 Å². The highest BCUT2D eigenvalue weighted by atomic mass is 32.2. The first-order chi connectivity index (χ1) is 12.3. The molecule has 3 N–H and O–H groups in total. The summed E-state index contributed by atoms with van der Waals surface area (Å²) in [6, 6.07) is 4.50. The van der Waals surface area contributed by atoms with Gasteiger partial charge in [0.2, 0.25) is 10.0 Å². The van der Waals surface area contributed by atoms with E-state index in [0.29, 0.717) is 12.1 Å². The second kappa shape index (κ2) is 7.54. The molecule has 2 fully saturated rings. The molecule has 0 bridgehead atoms. The number of rotatable bonds is 7. The van der Waals surface area contributed by atoms with E-state index in [-0.39, 0.29) is 28.0 Å². The molecule has 0 radical (unpaired) electrons. The molecule has 3 rings (SSSR count). The van der Waals surface area contributed by atoms with Crippen molar-refractivity contribution < 1.29 is 17.9 Å². The van der Waals surface area contributed by atoms with Gasteiger partial charge in [-0.1, -0.05) is 6.92 Å². The molecule has 1 heterocycles. The Labute approximate surface area is 154 Å². The molecule has 7 nitrogen and oxygen atoms in total. The molecule has 8 heteroatoms. The van der Waals surface area contributed by atoms with Crippen molar-refractivity contribution in [2.24, 2.45) is 5.41 Å². The van der Waals surface area contributed by atoms with Crippen molar-refractivity contribution in [3.05, 3.63) is 23.8 Å². The summed E-state index contributed by atoms with van der Waals surface area (Å²) in [7, 11) is -2.29. The lowest BCUT2D eigenvalue weighted by atomic mass is 9.81. The highest BCUT2D eigenvalue weighted by Crippen LogP contribution is 2.29. The summed E-state index contributed by atoms with van der Waals surface area (Å²) in [5, 5.41) is 6.27. The number of methoxy groups -OCH3 is 1. The Kier molecular flexibility index (Phi) is 5.55. The van der Waals surface area contributed by atoms with Gasteiger partial charge in [0.25, 0.3) is 5.91 Å². The maximum Gasteiger partial charge on any atom is 0.251 e. The lowest BCUT2D eigenvalue weighted by Crippen LogP contribution is -2.42. The van der Waals surface area contributed by atoms with Gasteiger partial charge in [0.15, 0.2) is 0 Å². The molecule has 1 saturated heterocycles. The molecule has 1 aliphatic carbocycles. The fourth-order valence-corrected chi connectivity index (χ4v) is 4.61. The Morgan fingerprint density at radius 3 is 2.62 bits per heavy atom. The Morgan fingerprint density at radius 1 is 1.31 bits per heavy atom. The van der Waals surface area contributed by atoms with Crippen LogP contribution in [0, 0.1) is 5.41 Å². The molecular formula is C18H27N3O4S. The number of piperidine rings is 1. The maximum atomic E-state index is 12.6. The van der Waals surface area contributed by atoms with Gasteiger partial charge in [0.05, 0.1) is 7.11 Å². The molecular weight excluding hydrogens is 354 g/mol. The zero-order valence-corrected chi connectivity index (χ0v) is 16.1. The number of nitrogens with one attached hydrogen (secondary N) is 3. The van der Waals surface area contributed by atoms with Gasteiger partial charge < -0.3 is 15.4 Å². The van der Waals surface area contributed by atoms with Crippen LogP contribution in [0.2, 0.25) is 0 Å². The van der Waals surface area contributed by atoms with E-state index >= 15 is 0 Å². The first-order valence-electron chi connectivity index (χ1n) is 9.02. The van der Waals surface area contributed by atoms with E-state index in [1.165, 1.54) is 19.2 Å². The normalized spacial score (nSPS) is 19.8. The fourth-order valence-electron chi connectivity index (χ4n) is 3.11. The van der Waals surface area contributed by atoms with Gasteiger partial charge in [-0.2, -0.15) is 0 Å². The molecule has 1 saturated carbocycles. The lowest BCUT2D eigenvalue weighted by Gasteiger charge is -2.34. The number of carbonyl (C=O) groups is 1. The van der Waals surface area contributed by atoms with Gasteiger partial charge in [-0.05, 0) is 62.4 Å². The van der Waals surface area contributed by atoms with Crippen LogP contribution < -0.4 is 20.1 Å². The second-order valence-corrected chi connectivity index (χ2v) is 9.19. The lowest BCUT2D eigenvalue weighted by molar-refractivity contribution is 0.0922. The average molecular weight is 381 g/mol. The van der Waals surface area contributed by atoms with Crippen LogP contribution in [0.1, 0.15) is 43.0 Å². The molecule has 0 unspecified atom stereocenters. The van der Waals surface area contributed by atoms with Crippen LogP contribution in [0.3, 0.4) is 0 Å². The van der Waals surface area contributed by atoms with Crippen molar-refractivity contribution in [1.82, 2.24) is 15.4 Å². The van der Waals surface area contributed by atoms with E-state index in [1.54, 1.807) is 6.07 Å². The van der Waals surface area contributed by atoms with Gasteiger partial charge in [0.1, 0.15) is 10.6 Å². The van der Waals surface area contributed by atoms with Crippen LogP contribution in [-0.2, 0) is 10.0 Å². The Bertz CT molecular complexity index is 769. The number of amides is 1. The molecule has 1 aromatic carbocycles. The molecule has 144 valence electrons. The van der Waals surface area contributed by atoms with Crippen molar-refractivity contribution in [3.63, 3.8) is 0 Å². The third-order valence-electron chi connectivity index (χ3n) is 5.10. The number of carbonyl (C=O) groups excluding carboxylic acids is 1. The molecule has 1 aliphatic heterocycles. The zero-order chi connectivity index (χ0) is 18.8. The van der Waals surface area contributed by atoms with Crippen LogP contribution in [0.15, 0.2) is 23.1 Å². The van der Waals surface area contributed by atoms with Gasteiger partial charge in [-0.15, -0.1) is 0 Å². The minimum absolute atomic E-state index is 0.00706. The van der Waals surface area contributed by atoms with E-state index in [9.17, 15) is 13.2 Å². The van der Waals surface area contributed by atoms with Crippen LogP contribution in [0.4, 0.5) is 0 Å².